The molecular formula is C14H21N3O3. The Morgan fingerprint density at radius 3 is 2.60 bits per heavy atom. The van der Waals surface area contributed by atoms with Crippen LogP contribution in [0.4, 0.5) is 0 Å². The molecule has 1 aromatic heterocycles. The number of nitrogens with zero attached hydrogens (tertiary/aromatic N) is 2. The molecule has 0 bridgehead atoms. The molecule has 0 aliphatic carbocycles. The number of rotatable bonds is 3. The lowest BCUT2D eigenvalue weighted by molar-refractivity contribution is -0.153. The van der Waals surface area contributed by atoms with Gasteiger partial charge in [-0.2, -0.15) is 0 Å². The fourth-order valence-corrected chi connectivity index (χ4v) is 2.43. The van der Waals surface area contributed by atoms with Gasteiger partial charge in [-0.05, 0) is 11.8 Å². The van der Waals surface area contributed by atoms with E-state index in [-0.39, 0.29) is 23.8 Å². The second kappa shape index (κ2) is 5.26. The number of aromatic nitrogens is 1. The standard InChI is InChI=1S/C14H21N3O3/c1-5-10-12(18)16-11(14(2,3)4)13(19)17(10)8-9-6-7-15-20-9/h6-7,10-11H,5,8H2,1-4H3,(H,16,18). The number of amides is 2. The topological polar surface area (TPSA) is 75.4 Å². The first-order chi connectivity index (χ1) is 9.34. The fourth-order valence-electron chi connectivity index (χ4n) is 2.43. The Bertz CT molecular complexity index is 490. The summed E-state index contributed by atoms with van der Waals surface area (Å²) in [5.41, 5.74) is -0.328. The van der Waals surface area contributed by atoms with Crippen LogP contribution in [0.3, 0.4) is 0 Å². The van der Waals surface area contributed by atoms with Crippen molar-refractivity contribution in [2.45, 2.75) is 52.7 Å². The quantitative estimate of drug-likeness (QED) is 0.905. The van der Waals surface area contributed by atoms with E-state index in [9.17, 15) is 9.59 Å². The molecule has 110 valence electrons. The molecule has 0 saturated carbocycles. The van der Waals surface area contributed by atoms with E-state index in [2.05, 4.69) is 10.5 Å². The van der Waals surface area contributed by atoms with Crippen molar-refractivity contribution >= 4 is 11.8 Å². The summed E-state index contributed by atoms with van der Waals surface area (Å²) in [6.45, 7) is 7.98. The number of piperazine rings is 1. The van der Waals surface area contributed by atoms with Crippen LogP contribution in [0.5, 0.6) is 0 Å². The number of nitrogens with one attached hydrogen (secondary N) is 1. The molecule has 6 nitrogen and oxygen atoms in total. The highest BCUT2D eigenvalue weighted by atomic mass is 16.5. The van der Waals surface area contributed by atoms with Crippen LogP contribution in [0.1, 0.15) is 39.9 Å². The molecule has 2 amide bonds. The summed E-state index contributed by atoms with van der Waals surface area (Å²) in [7, 11) is 0. The zero-order valence-electron chi connectivity index (χ0n) is 12.3. The second-order valence-corrected chi connectivity index (χ2v) is 6.18. The third-order valence-corrected chi connectivity index (χ3v) is 3.57. The zero-order chi connectivity index (χ0) is 14.9. The molecule has 1 fully saturated rings. The van der Waals surface area contributed by atoms with Crippen molar-refractivity contribution in [3.8, 4) is 0 Å². The first-order valence-corrected chi connectivity index (χ1v) is 6.85. The Balaban J connectivity index is 2.28. The third-order valence-electron chi connectivity index (χ3n) is 3.57. The monoisotopic (exact) mass is 279 g/mol. The van der Waals surface area contributed by atoms with Crippen LogP contribution in [0, 0.1) is 5.41 Å². The number of hydrogen-bond donors (Lipinski definition) is 1. The van der Waals surface area contributed by atoms with Crippen LogP contribution >= 0.6 is 0 Å². The molecule has 2 rings (SSSR count). The highest BCUT2D eigenvalue weighted by Crippen LogP contribution is 2.27. The summed E-state index contributed by atoms with van der Waals surface area (Å²) >= 11 is 0. The molecule has 0 radical (unpaired) electrons. The van der Waals surface area contributed by atoms with E-state index in [0.717, 1.165) is 0 Å². The summed E-state index contributed by atoms with van der Waals surface area (Å²) in [5, 5.41) is 6.48. The zero-order valence-corrected chi connectivity index (χ0v) is 12.3. The van der Waals surface area contributed by atoms with E-state index in [0.29, 0.717) is 12.2 Å². The third kappa shape index (κ3) is 2.69. The lowest BCUT2D eigenvalue weighted by Gasteiger charge is -2.42. The normalized spacial score (nSPS) is 23.9. The van der Waals surface area contributed by atoms with E-state index < -0.39 is 12.1 Å². The highest BCUT2D eigenvalue weighted by molar-refractivity contribution is 5.97. The number of hydrogen-bond acceptors (Lipinski definition) is 4. The van der Waals surface area contributed by atoms with E-state index in [1.165, 1.54) is 6.20 Å². The first-order valence-electron chi connectivity index (χ1n) is 6.85. The predicted molar refractivity (Wildman–Crippen MR) is 72.5 cm³/mol. The van der Waals surface area contributed by atoms with Crippen molar-refractivity contribution < 1.29 is 14.1 Å². The Kier molecular flexibility index (Phi) is 3.83. The molecule has 0 aromatic carbocycles. The molecule has 1 aliphatic heterocycles. The molecule has 1 aliphatic rings. The van der Waals surface area contributed by atoms with Crippen molar-refractivity contribution in [3.63, 3.8) is 0 Å². The maximum atomic E-state index is 12.7. The molecule has 20 heavy (non-hydrogen) atoms. The molecule has 2 heterocycles. The average molecular weight is 279 g/mol. The Labute approximate surface area is 118 Å². The van der Waals surface area contributed by atoms with Crippen molar-refractivity contribution in [1.82, 2.24) is 15.4 Å². The van der Waals surface area contributed by atoms with Gasteiger partial charge in [0.05, 0.1) is 12.7 Å². The summed E-state index contributed by atoms with van der Waals surface area (Å²) in [6, 6.07) is 0.741. The maximum absolute atomic E-state index is 12.7. The van der Waals surface area contributed by atoms with Gasteiger partial charge in [0.2, 0.25) is 11.8 Å². The van der Waals surface area contributed by atoms with Crippen LogP contribution < -0.4 is 5.32 Å². The van der Waals surface area contributed by atoms with E-state index in [4.69, 9.17) is 4.52 Å². The van der Waals surface area contributed by atoms with Gasteiger partial charge in [0.25, 0.3) is 0 Å². The van der Waals surface area contributed by atoms with Crippen LogP contribution in [0.25, 0.3) is 0 Å². The molecule has 1 saturated heterocycles. The van der Waals surface area contributed by atoms with E-state index >= 15 is 0 Å². The van der Waals surface area contributed by atoms with Crippen LogP contribution in [-0.2, 0) is 16.1 Å². The molecule has 6 heteroatoms. The van der Waals surface area contributed by atoms with Gasteiger partial charge in [-0.15, -0.1) is 0 Å². The second-order valence-electron chi connectivity index (χ2n) is 6.18. The average Bonchev–Trinajstić information content (AvgIpc) is 2.85. The van der Waals surface area contributed by atoms with Gasteiger partial charge in [-0.3, -0.25) is 9.59 Å². The summed E-state index contributed by atoms with van der Waals surface area (Å²) in [4.78, 5) is 26.5. The Morgan fingerprint density at radius 2 is 2.10 bits per heavy atom. The number of carbonyl (C=O) groups is 2. The predicted octanol–water partition coefficient (Wildman–Crippen LogP) is 1.33. The SMILES string of the molecule is CCC1C(=O)NC(C(C)(C)C)C(=O)N1Cc1ccno1. The fraction of sp³-hybridized carbons (Fsp3) is 0.643. The lowest BCUT2D eigenvalue weighted by Crippen LogP contribution is -2.66. The van der Waals surface area contributed by atoms with Gasteiger partial charge in [-0.25, -0.2) is 0 Å². The lowest BCUT2D eigenvalue weighted by atomic mass is 9.83. The number of carbonyl (C=O) groups excluding carboxylic acids is 2. The van der Waals surface area contributed by atoms with Crippen LogP contribution in [-0.4, -0.2) is 34.0 Å². The molecule has 1 aromatic rings. The summed E-state index contributed by atoms with van der Waals surface area (Å²) in [6.07, 6.45) is 2.11. The van der Waals surface area contributed by atoms with Gasteiger partial charge < -0.3 is 14.7 Å². The maximum Gasteiger partial charge on any atom is 0.246 e. The molecule has 2 unspecified atom stereocenters. The van der Waals surface area contributed by atoms with E-state index in [1.54, 1.807) is 11.0 Å². The van der Waals surface area contributed by atoms with Crippen LogP contribution in [0.2, 0.25) is 0 Å². The minimum absolute atomic E-state index is 0.0691. The largest absolute Gasteiger partial charge is 0.360 e. The van der Waals surface area contributed by atoms with Crippen molar-refractivity contribution in [1.29, 1.82) is 0 Å². The Hall–Kier alpha value is -1.85. The Morgan fingerprint density at radius 1 is 1.40 bits per heavy atom. The van der Waals surface area contributed by atoms with Gasteiger partial charge in [0, 0.05) is 6.07 Å². The first kappa shape index (κ1) is 14.6. The van der Waals surface area contributed by atoms with Crippen molar-refractivity contribution in [3.05, 3.63) is 18.0 Å². The van der Waals surface area contributed by atoms with Crippen molar-refractivity contribution in [2.75, 3.05) is 0 Å². The van der Waals surface area contributed by atoms with Gasteiger partial charge in [0.1, 0.15) is 12.1 Å². The molecular weight excluding hydrogens is 258 g/mol. The molecule has 1 N–H and O–H groups in total. The van der Waals surface area contributed by atoms with Crippen molar-refractivity contribution in [2.24, 2.45) is 5.41 Å². The molecule has 0 spiro atoms. The molecule has 2 atom stereocenters. The van der Waals surface area contributed by atoms with E-state index in [1.807, 2.05) is 27.7 Å². The summed E-state index contributed by atoms with van der Waals surface area (Å²) in [5.74, 6) is 0.408. The minimum atomic E-state index is -0.513. The minimum Gasteiger partial charge on any atom is -0.360 e. The highest BCUT2D eigenvalue weighted by Gasteiger charge is 2.44. The van der Waals surface area contributed by atoms with Gasteiger partial charge in [-0.1, -0.05) is 32.9 Å². The summed E-state index contributed by atoms with van der Waals surface area (Å²) < 4.78 is 5.06. The smallest absolute Gasteiger partial charge is 0.246 e. The van der Waals surface area contributed by atoms with Gasteiger partial charge in [0.15, 0.2) is 5.76 Å². The van der Waals surface area contributed by atoms with Crippen LogP contribution in [0.15, 0.2) is 16.8 Å². The van der Waals surface area contributed by atoms with Gasteiger partial charge >= 0.3 is 0 Å².